The van der Waals surface area contributed by atoms with Crippen LogP contribution in [-0.4, -0.2) is 23.4 Å². The second-order valence-corrected chi connectivity index (χ2v) is 4.38. The van der Waals surface area contributed by atoms with Crippen LogP contribution in [-0.2, 0) is 7.05 Å². The molecule has 1 aromatic heterocycles. The number of aromatic nitrogens is 2. The molecule has 2 aromatic rings. The number of aryl methyl sites for hydroxylation is 1. The van der Waals surface area contributed by atoms with Crippen LogP contribution < -0.4 is 10.1 Å². The van der Waals surface area contributed by atoms with Crippen molar-refractivity contribution < 1.29 is 13.5 Å². The maximum absolute atomic E-state index is 14.0. The fourth-order valence-corrected chi connectivity index (χ4v) is 2.21. The average molecular weight is 281 g/mol. The number of methoxy groups -OCH3 is 1. The first kappa shape index (κ1) is 14.5. The van der Waals surface area contributed by atoms with E-state index in [1.807, 2.05) is 6.92 Å². The number of hydrogen-bond acceptors (Lipinski definition) is 3. The Labute approximate surface area is 116 Å². The highest BCUT2D eigenvalue weighted by Gasteiger charge is 2.24. The molecule has 1 heterocycles. The molecule has 0 saturated carbocycles. The summed E-state index contributed by atoms with van der Waals surface area (Å²) in [5.74, 6) is -0.423. The Hall–Kier alpha value is -1.95. The van der Waals surface area contributed by atoms with E-state index in [1.54, 1.807) is 17.9 Å². The maximum Gasteiger partial charge on any atom is 0.161 e. The predicted octanol–water partition coefficient (Wildman–Crippen LogP) is 2.41. The molecule has 4 nitrogen and oxygen atoms in total. The Morgan fingerprint density at radius 1 is 1.40 bits per heavy atom. The van der Waals surface area contributed by atoms with Crippen LogP contribution >= 0.6 is 0 Å². The van der Waals surface area contributed by atoms with Crippen molar-refractivity contribution in [3.8, 4) is 5.75 Å². The van der Waals surface area contributed by atoms with Crippen LogP contribution in [0.2, 0.25) is 0 Å². The van der Waals surface area contributed by atoms with Gasteiger partial charge < -0.3 is 10.1 Å². The largest absolute Gasteiger partial charge is 0.493 e. The molecular weight excluding hydrogens is 264 g/mol. The smallest absolute Gasteiger partial charge is 0.161 e. The fraction of sp³-hybridized carbons (Fsp3) is 0.357. The Morgan fingerprint density at radius 3 is 2.80 bits per heavy atom. The SMILES string of the molecule is CCNC(c1cc(F)ccc1F)c1c(OC)cnn1C. The second kappa shape index (κ2) is 6.00. The van der Waals surface area contributed by atoms with E-state index >= 15 is 0 Å². The summed E-state index contributed by atoms with van der Waals surface area (Å²) < 4.78 is 34.3. The molecular formula is C14H17F2N3O. The van der Waals surface area contributed by atoms with E-state index in [-0.39, 0.29) is 5.56 Å². The van der Waals surface area contributed by atoms with Gasteiger partial charge in [0.2, 0.25) is 0 Å². The average Bonchev–Trinajstić information content (AvgIpc) is 2.80. The number of hydrogen-bond donors (Lipinski definition) is 1. The highest BCUT2D eigenvalue weighted by atomic mass is 19.1. The van der Waals surface area contributed by atoms with Gasteiger partial charge in [0, 0.05) is 12.6 Å². The van der Waals surface area contributed by atoms with Crippen LogP contribution in [0.15, 0.2) is 24.4 Å². The van der Waals surface area contributed by atoms with Crippen molar-refractivity contribution in [1.29, 1.82) is 0 Å². The normalized spacial score (nSPS) is 12.4. The van der Waals surface area contributed by atoms with Crippen LogP contribution in [0, 0.1) is 11.6 Å². The molecule has 1 unspecified atom stereocenters. The van der Waals surface area contributed by atoms with Crippen molar-refractivity contribution in [2.24, 2.45) is 7.05 Å². The van der Waals surface area contributed by atoms with Gasteiger partial charge in [-0.25, -0.2) is 8.78 Å². The lowest BCUT2D eigenvalue weighted by molar-refractivity contribution is 0.399. The molecule has 1 aromatic carbocycles. The molecule has 1 N–H and O–H groups in total. The molecule has 108 valence electrons. The Kier molecular flexibility index (Phi) is 4.34. The number of halogens is 2. The lowest BCUT2D eigenvalue weighted by Crippen LogP contribution is -2.25. The van der Waals surface area contributed by atoms with E-state index in [2.05, 4.69) is 10.4 Å². The summed E-state index contributed by atoms with van der Waals surface area (Å²) in [7, 11) is 3.25. The first-order chi connectivity index (χ1) is 9.58. The molecule has 0 spiro atoms. The zero-order valence-electron chi connectivity index (χ0n) is 11.7. The highest BCUT2D eigenvalue weighted by molar-refractivity contribution is 5.37. The van der Waals surface area contributed by atoms with Crippen LogP contribution in [0.5, 0.6) is 5.75 Å². The summed E-state index contributed by atoms with van der Waals surface area (Å²) in [5, 5.41) is 7.24. The monoisotopic (exact) mass is 281 g/mol. The zero-order chi connectivity index (χ0) is 14.7. The number of nitrogens with zero attached hydrogens (tertiary/aromatic N) is 2. The first-order valence-electron chi connectivity index (χ1n) is 6.32. The molecule has 0 aliphatic rings. The van der Waals surface area contributed by atoms with Crippen LogP contribution in [0.25, 0.3) is 0 Å². The lowest BCUT2D eigenvalue weighted by Gasteiger charge is -2.20. The quantitative estimate of drug-likeness (QED) is 0.914. The lowest BCUT2D eigenvalue weighted by atomic mass is 10.0. The summed E-state index contributed by atoms with van der Waals surface area (Å²) in [5.41, 5.74) is 0.882. The molecule has 0 aliphatic carbocycles. The zero-order valence-corrected chi connectivity index (χ0v) is 11.7. The predicted molar refractivity (Wildman–Crippen MR) is 71.6 cm³/mol. The number of ether oxygens (including phenoxy) is 1. The summed E-state index contributed by atoms with van der Waals surface area (Å²) in [6.45, 7) is 2.49. The van der Waals surface area contributed by atoms with E-state index in [9.17, 15) is 8.78 Å². The third-order valence-corrected chi connectivity index (χ3v) is 3.12. The molecule has 2 rings (SSSR count). The Balaban J connectivity index is 2.56. The van der Waals surface area contributed by atoms with E-state index in [0.29, 0.717) is 18.0 Å². The summed E-state index contributed by atoms with van der Waals surface area (Å²) in [6.07, 6.45) is 1.55. The third kappa shape index (κ3) is 2.65. The van der Waals surface area contributed by atoms with E-state index in [0.717, 1.165) is 12.1 Å². The Morgan fingerprint density at radius 2 is 2.15 bits per heavy atom. The summed E-state index contributed by atoms with van der Waals surface area (Å²) in [6, 6.07) is 2.88. The van der Waals surface area contributed by atoms with Gasteiger partial charge >= 0.3 is 0 Å². The molecule has 0 bridgehead atoms. The first-order valence-corrected chi connectivity index (χ1v) is 6.32. The van der Waals surface area contributed by atoms with Crippen LogP contribution in [0.1, 0.15) is 24.2 Å². The van der Waals surface area contributed by atoms with Crippen molar-refractivity contribution >= 4 is 0 Å². The highest BCUT2D eigenvalue weighted by Crippen LogP contribution is 2.31. The minimum atomic E-state index is -0.529. The van der Waals surface area contributed by atoms with Crippen molar-refractivity contribution in [3.63, 3.8) is 0 Å². The van der Waals surface area contributed by atoms with Crippen molar-refractivity contribution in [2.45, 2.75) is 13.0 Å². The Bertz CT molecular complexity index is 598. The number of benzene rings is 1. The minimum absolute atomic E-state index is 0.230. The molecule has 20 heavy (non-hydrogen) atoms. The minimum Gasteiger partial charge on any atom is -0.493 e. The van der Waals surface area contributed by atoms with Crippen molar-refractivity contribution in [1.82, 2.24) is 15.1 Å². The van der Waals surface area contributed by atoms with E-state index in [4.69, 9.17) is 4.74 Å². The van der Waals surface area contributed by atoms with Gasteiger partial charge in [-0.2, -0.15) is 5.10 Å². The summed E-state index contributed by atoms with van der Waals surface area (Å²) in [4.78, 5) is 0. The van der Waals surface area contributed by atoms with E-state index in [1.165, 1.54) is 13.2 Å². The third-order valence-electron chi connectivity index (χ3n) is 3.12. The van der Waals surface area contributed by atoms with Gasteiger partial charge in [-0.3, -0.25) is 4.68 Å². The van der Waals surface area contributed by atoms with Gasteiger partial charge in [0.25, 0.3) is 0 Å². The van der Waals surface area contributed by atoms with Crippen LogP contribution in [0.4, 0.5) is 8.78 Å². The van der Waals surface area contributed by atoms with Gasteiger partial charge in [0.15, 0.2) is 5.75 Å². The van der Waals surface area contributed by atoms with E-state index < -0.39 is 17.7 Å². The van der Waals surface area contributed by atoms with Gasteiger partial charge in [-0.15, -0.1) is 0 Å². The van der Waals surface area contributed by atoms with Gasteiger partial charge in [0.1, 0.15) is 17.3 Å². The van der Waals surface area contributed by atoms with Gasteiger partial charge in [-0.1, -0.05) is 6.92 Å². The molecule has 1 atom stereocenters. The van der Waals surface area contributed by atoms with Gasteiger partial charge in [-0.05, 0) is 24.7 Å². The van der Waals surface area contributed by atoms with Crippen molar-refractivity contribution in [3.05, 3.63) is 47.3 Å². The molecule has 0 radical (unpaired) electrons. The molecule has 0 aliphatic heterocycles. The standard InChI is InChI=1S/C14H17F2N3O/c1-4-17-13(10-7-9(15)5-6-11(10)16)14-12(20-3)8-18-19(14)2/h5-8,13,17H,4H2,1-3H3. The summed E-state index contributed by atoms with van der Waals surface area (Å²) >= 11 is 0. The molecule has 0 fully saturated rings. The number of nitrogens with one attached hydrogen (secondary N) is 1. The van der Waals surface area contributed by atoms with Crippen LogP contribution in [0.3, 0.4) is 0 Å². The molecule has 0 amide bonds. The second-order valence-electron chi connectivity index (χ2n) is 4.38. The molecule has 6 heteroatoms. The maximum atomic E-state index is 14.0. The van der Waals surface area contributed by atoms with Gasteiger partial charge in [0.05, 0.1) is 19.3 Å². The number of rotatable bonds is 5. The van der Waals surface area contributed by atoms with Crippen molar-refractivity contribution in [2.75, 3.05) is 13.7 Å². The fourth-order valence-electron chi connectivity index (χ4n) is 2.21. The molecule has 0 saturated heterocycles. The topological polar surface area (TPSA) is 39.1 Å².